The Balaban J connectivity index is 2.10. The van der Waals surface area contributed by atoms with Crippen LogP contribution in [0.4, 0.5) is 5.69 Å². The predicted molar refractivity (Wildman–Crippen MR) is 118 cm³/mol. The summed E-state index contributed by atoms with van der Waals surface area (Å²) < 4.78 is 7.40. The standard InChI is InChI=1S/C24H29N3O3/c1-16(2)11-12-27-17(3)13-20(18(27)4)14-21(15-25)24(29)30-19(5)23(28)26-22-9-7-6-8-10-22/h6-10,13-14,16,19H,11-12H2,1-5H3,(H,26,28)/b21-14+/t19-/m1/s1. The van der Waals surface area contributed by atoms with Gasteiger partial charge in [0.2, 0.25) is 0 Å². The van der Waals surface area contributed by atoms with E-state index < -0.39 is 18.0 Å². The van der Waals surface area contributed by atoms with Crippen molar-refractivity contribution in [2.24, 2.45) is 5.92 Å². The number of ether oxygens (including phenoxy) is 1. The molecule has 0 radical (unpaired) electrons. The number of carbonyl (C=O) groups is 2. The van der Waals surface area contributed by atoms with Crippen LogP contribution in [-0.4, -0.2) is 22.5 Å². The summed E-state index contributed by atoms with van der Waals surface area (Å²) in [6.07, 6.45) is 1.53. The van der Waals surface area contributed by atoms with Crippen molar-refractivity contribution < 1.29 is 14.3 Å². The molecule has 1 aromatic carbocycles. The van der Waals surface area contributed by atoms with Crippen molar-refractivity contribution in [3.8, 4) is 6.07 Å². The smallest absolute Gasteiger partial charge is 0.349 e. The van der Waals surface area contributed by atoms with E-state index in [1.807, 2.05) is 32.0 Å². The van der Waals surface area contributed by atoms with Crippen molar-refractivity contribution >= 4 is 23.6 Å². The van der Waals surface area contributed by atoms with E-state index in [0.717, 1.165) is 29.9 Å². The molecule has 1 aromatic heterocycles. The van der Waals surface area contributed by atoms with Crippen molar-refractivity contribution in [3.63, 3.8) is 0 Å². The SMILES string of the molecule is Cc1cc(/C=C(\C#N)C(=O)O[C@H](C)C(=O)Nc2ccccc2)c(C)n1CCC(C)C. The number of anilines is 1. The van der Waals surface area contributed by atoms with Gasteiger partial charge >= 0.3 is 5.97 Å². The Kier molecular flexibility index (Phi) is 7.99. The Hall–Kier alpha value is -3.33. The molecule has 0 fully saturated rings. The maximum atomic E-state index is 12.5. The molecule has 0 unspecified atom stereocenters. The fourth-order valence-corrected chi connectivity index (χ4v) is 3.04. The van der Waals surface area contributed by atoms with Crippen LogP contribution in [0.3, 0.4) is 0 Å². The van der Waals surface area contributed by atoms with Crippen LogP contribution in [-0.2, 0) is 20.9 Å². The molecule has 0 aliphatic heterocycles. The fourth-order valence-electron chi connectivity index (χ4n) is 3.04. The van der Waals surface area contributed by atoms with Gasteiger partial charge in [0.25, 0.3) is 5.91 Å². The second kappa shape index (κ2) is 10.4. The zero-order valence-corrected chi connectivity index (χ0v) is 18.2. The molecule has 0 spiro atoms. The monoisotopic (exact) mass is 407 g/mol. The Morgan fingerprint density at radius 1 is 1.20 bits per heavy atom. The van der Waals surface area contributed by atoms with Crippen LogP contribution in [0.5, 0.6) is 0 Å². The molecule has 0 aliphatic carbocycles. The molecule has 2 rings (SSSR count). The van der Waals surface area contributed by atoms with Gasteiger partial charge in [0.1, 0.15) is 11.6 Å². The van der Waals surface area contributed by atoms with Gasteiger partial charge in [0, 0.05) is 23.6 Å². The number of aryl methyl sites for hydroxylation is 1. The lowest BCUT2D eigenvalue weighted by atomic mass is 10.1. The summed E-state index contributed by atoms with van der Waals surface area (Å²) in [5.74, 6) is -0.697. The lowest BCUT2D eigenvalue weighted by molar-refractivity contribution is -0.148. The number of benzene rings is 1. The number of nitrogens with one attached hydrogen (secondary N) is 1. The van der Waals surface area contributed by atoms with E-state index in [1.165, 1.54) is 13.0 Å². The van der Waals surface area contributed by atoms with Gasteiger partial charge in [-0.1, -0.05) is 32.0 Å². The van der Waals surface area contributed by atoms with Gasteiger partial charge in [0.05, 0.1) is 0 Å². The van der Waals surface area contributed by atoms with Crippen molar-refractivity contribution in [2.75, 3.05) is 5.32 Å². The van der Waals surface area contributed by atoms with Crippen LogP contribution < -0.4 is 5.32 Å². The third kappa shape index (κ3) is 6.08. The Morgan fingerprint density at radius 3 is 2.47 bits per heavy atom. The first kappa shape index (κ1) is 23.0. The summed E-state index contributed by atoms with van der Waals surface area (Å²) >= 11 is 0. The van der Waals surface area contributed by atoms with Gasteiger partial charge in [-0.15, -0.1) is 0 Å². The topological polar surface area (TPSA) is 84.1 Å². The first-order valence-corrected chi connectivity index (χ1v) is 10.1. The summed E-state index contributed by atoms with van der Waals surface area (Å²) in [4.78, 5) is 24.7. The minimum Gasteiger partial charge on any atom is -0.448 e. The molecule has 1 amide bonds. The number of aromatic nitrogens is 1. The maximum Gasteiger partial charge on any atom is 0.349 e. The number of para-hydroxylation sites is 1. The van der Waals surface area contributed by atoms with E-state index in [0.29, 0.717) is 11.6 Å². The van der Waals surface area contributed by atoms with E-state index >= 15 is 0 Å². The van der Waals surface area contributed by atoms with Gasteiger partial charge in [-0.25, -0.2) is 4.79 Å². The number of hydrogen-bond acceptors (Lipinski definition) is 4. The Labute approximate surface area is 178 Å². The molecule has 6 heteroatoms. The lowest BCUT2D eigenvalue weighted by Crippen LogP contribution is -2.30. The number of amides is 1. The van der Waals surface area contributed by atoms with E-state index in [-0.39, 0.29) is 5.57 Å². The lowest BCUT2D eigenvalue weighted by Gasteiger charge is -2.13. The van der Waals surface area contributed by atoms with Crippen LogP contribution in [0.2, 0.25) is 0 Å². The first-order chi connectivity index (χ1) is 14.2. The predicted octanol–water partition coefficient (Wildman–Crippen LogP) is 4.63. The largest absolute Gasteiger partial charge is 0.448 e. The summed E-state index contributed by atoms with van der Waals surface area (Å²) in [6.45, 7) is 10.7. The third-order valence-electron chi connectivity index (χ3n) is 4.88. The van der Waals surface area contributed by atoms with E-state index in [4.69, 9.17) is 4.74 Å². The van der Waals surface area contributed by atoms with Crippen molar-refractivity contribution in [2.45, 2.75) is 53.7 Å². The normalized spacial score (nSPS) is 12.4. The molecule has 30 heavy (non-hydrogen) atoms. The highest BCUT2D eigenvalue weighted by atomic mass is 16.5. The zero-order valence-electron chi connectivity index (χ0n) is 18.2. The van der Waals surface area contributed by atoms with Gasteiger partial charge in [-0.3, -0.25) is 4.79 Å². The first-order valence-electron chi connectivity index (χ1n) is 10.1. The summed E-state index contributed by atoms with van der Waals surface area (Å²) in [7, 11) is 0. The van der Waals surface area contributed by atoms with Crippen molar-refractivity contribution in [1.29, 1.82) is 5.26 Å². The van der Waals surface area contributed by atoms with E-state index in [1.54, 1.807) is 24.3 Å². The highest BCUT2D eigenvalue weighted by Gasteiger charge is 2.21. The highest BCUT2D eigenvalue weighted by molar-refractivity contribution is 6.01. The molecular formula is C24H29N3O3. The van der Waals surface area contributed by atoms with Crippen LogP contribution in [0, 0.1) is 31.1 Å². The molecule has 6 nitrogen and oxygen atoms in total. The Morgan fingerprint density at radius 2 is 1.87 bits per heavy atom. The van der Waals surface area contributed by atoms with Gasteiger partial charge in [-0.2, -0.15) is 5.26 Å². The minimum atomic E-state index is -1.03. The number of esters is 1. The van der Waals surface area contributed by atoms with E-state index in [9.17, 15) is 14.9 Å². The second-order valence-electron chi connectivity index (χ2n) is 7.73. The van der Waals surface area contributed by atoms with Crippen LogP contribution >= 0.6 is 0 Å². The van der Waals surface area contributed by atoms with Gasteiger partial charge in [0.15, 0.2) is 6.10 Å². The average Bonchev–Trinajstić information content (AvgIpc) is 2.97. The molecule has 1 heterocycles. The molecule has 0 aliphatic rings. The molecule has 0 saturated heterocycles. The van der Waals surface area contributed by atoms with Gasteiger partial charge < -0.3 is 14.6 Å². The number of hydrogen-bond donors (Lipinski definition) is 1. The highest BCUT2D eigenvalue weighted by Crippen LogP contribution is 2.20. The molecular weight excluding hydrogens is 378 g/mol. The van der Waals surface area contributed by atoms with Gasteiger partial charge in [-0.05, 0) is 62.9 Å². The fraction of sp³-hybridized carbons (Fsp3) is 0.375. The minimum absolute atomic E-state index is 0.140. The van der Waals surface area contributed by atoms with Crippen molar-refractivity contribution in [1.82, 2.24) is 4.57 Å². The summed E-state index contributed by atoms with van der Waals surface area (Å²) in [5, 5.41) is 12.1. The van der Waals surface area contributed by atoms with Crippen LogP contribution in [0.15, 0.2) is 42.0 Å². The average molecular weight is 408 g/mol. The molecule has 0 saturated carbocycles. The zero-order chi connectivity index (χ0) is 22.3. The third-order valence-corrected chi connectivity index (χ3v) is 4.88. The molecule has 2 aromatic rings. The number of nitriles is 1. The molecule has 1 N–H and O–H groups in total. The number of carbonyl (C=O) groups excluding carboxylic acids is 2. The van der Waals surface area contributed by atoms with Crippen LogP contribution in [0.1, 0.15) is 44.1 Å². The quantitative estimate of drug-likeness (QED) is 0.393. The Bertz CT molecular complexity index is 966. The van der Waals surface area contributed by atoms with E-state index in [2.05, 4.69) is 23.7 Å². The summed E-state index contributed by atoms with van der Waals surface area (Å²) in [6, 6.07) is 12.7. The van der Waals surface area contributed by atoms with Crippen LogP contribution in [0.25, 0.3) is 6.08 Å². The second-order valence-corrected chi connectivity index (χ2v) is 7.73. The molecule has 1 atom stereocenters. The maximum absolute atomic E-state index is 12.5. The number of rotatable bonds is 8. The molecule has 0 bridgehead atoms. The van der Waals surface area contributed by atoms with Crippen molar-refractivity contribution in [3.05, 3.63) is 58.9 Å². The summed E-state index contributed by atoms with van der Waals surface area (Å²) in [5.41, 5.74) is 3.32. The number of nitrogens with zero attached hydrogens (tertiary/aromatic N) is 2. The molecule has 158 valence electrons.